The van der Waals surface area contributed by atoms with Crippen molar-refractivity contribution < 1.29 is 19.2 Å². The van der Waals surface area contributed by atoms with Crippen LogP contribution in [0.2, 0.25) is 0 Å². The number of aromatic nitrogens is 1. The van der Waals surface area contributed by atoms with Gasteiger partial charge in [-0.3, -0.25) is 19.2 Å². The van der Waals surface area contributed by atoms with Crippen LogP contribution in [0.5, 0.6) is 0 Å². The topological polar surface area (TPSA) is 88.5 Å². The van der Waals surface area contributed by atoms with E-state index in [4.69, 9.17) is 0 Å². The van der Waals surface area contributed by atoms with E-state index >= 15 is 0 Å². The van der Waals surface area contributed by atoms with Gasteiger partial charge in [0.05, 0.1) is 11.6 Å². The maximum Gasteiger partial charge on any atom is 0.243 e. The Morgan fingerprint density at radius 2 is 1.90 bits per heavy atom. The van der Waals surface area contributed by atoms with Gasteiger partial charge in [0, 0.05) is 48.0 Å². The molecule has 4 atom stereocenters. The summed E-state index contributed by atoms with van der Waals surface area (Å²) in [7, 11) is 0. The largest absolute Gasteiger partial charge is 0.355 e. The van der Waals surface area contributed by atoms with Crippen molar-refractivity contribution in [3.63, 3.8) is 0 Å². The van der Waals surface area contributed by atoms with E-state index in [2.05, 4.69) is 24.4 Å². The third kappa shape index (κ3) is 4.82. The molecule has 7 heteroatoms. The van der Waals surface area contributed by atoms with Gasteiger partial charge in [-0.2, -0.15) is 0 Å². The molecule has 208 valence electrons. The van der Waals surface area contributed by atoms with E-state index in [1.165, 1.54) is 24.0 Å². The van der Waals surface area contributed by atoms with Crippen molar-refractivity contribution in [1.29, 1.82) is 0 Å². The average Bonchev–Trinajstić information content (AvgIpc) is 3.81. The first-order valence-electron chi connectivity index (χ1n) is 15.0. The maximum atomic E-state index is 14.0. The van der Waals surface area contributed by atoms with E-state index in [1.54, 1.807) is 6.92 Å². The van der Waals surface area contributed by atoms with Crippen LogP contribution in [-0.2, 0) is 27.3 Å². The lowest BCUT2D eigenvalue weighted by atomic mass is 9.94. The van der Waals surface area contributed by atoms with E-state index in [-0.39, 0.29) is 41.4 Å². The second-order valence-corrected chi connectivity index (χ2v) is 12.8. The number of nitrogens with one attached hydrogen (secondary N) is 1. The van der Waals surface area contributed by atoms with Crippen molar-refractivity contribution in [2.45, 2.75) is 110 Å². The third-order valence-electron chi connectivity index (χ3n) is 9.80. The Hall–Kier alpha value is -2.96. The van der Waals surface area contributed by atoms with E-state index in [0.717, 1.165) is 43.0 Å². The molecule has 2 saturated carbocycles. The Kier molecular flexibility index (Phi) is 6.67. The van der Waals surface area contributed by atoms with Gasteiger partial charge in [0.2, 0.25) is 11.8 Å². The lowest BCUT2D eigenvalue weighted by molar-refractivity contribution is -0.139. The lowest BCUT2D eigenvalue weighted by Gasteiger charge is -2.27. The van der Waals surface area contributed by atoms with E-state index in [0.29, 0.717) is 43.2 Å². The molecule has 0 spiro atoms. The summed E-state index contributed by atoms with van der Waals surface area (Å²) >= 11 is 0. The molecule has 1 N–H and O–H groups in total. The zero-order valence-electron chi connectivity index (χ0n) is 23.6. The molecule has 0 radical (unpaired) electrons. The van der Waals surface area contributed by atoms with Crippen molar-refractivity contribution in [2.24, 2.45) is 11.3 Å². The van der Waals surface area contributed by atoms with Crippen LogP contribution >= 0.6 is 0 Å². The lowest BCUT2D eigenvalue weighted by Crippen LogP contribution is -2.44. The number of aryl methyl sites for hydroxylation is 1. The molecule has 1 saturated heterocycles. The van der Waals surface area contributed by atoms with Crippen LogP contribution in [-0.4, -0.2) is 51.5 Å². The zero-order chi connectivity index (χ0) is 27.5. The Labute approximate surface area is 230 Å². The van der Waals surface area contributed by atoms with Crippen molar-refractivity contribution in [3.05, 3.63) is 35.0 Å². The van der Waals surface area contributed by atoms with Crippen LogP contribution in [0, 0.1) is 11.3 Å². The molecular formula is C32H41N3O4. The number of piperidine rings is 1. The number of Topliss-reactive ketones (excluding diaryl/α,β-unsaturated/α-hetero) is 2. The van der Waals surface area contributed by atoms with Crippen LogP contribution in [0.15, 0.2) is 18.3 Å². The number of hydrogen-bond donors (Lipinski definition) is 1. The number of ketones is 2. The molecule has 1 aromatic carbocycles. The maximum absolute atomic E-state index is 14.0. The molecule has 2 amide bonds. The molecule has 3 heterocycles. The molecule has 6 rings (SSSR count). The second-order valence-electron chi connectivity index (χ2n) is 12.8. The minimum absolute atomic E-state index is 0.0122. The van der Waals surface area contributed by atoms with Gasteiger partial charge in [-0.1, -0.05) is 32.8 Å². The number of rotatable bonds is 4. The highest BCUT2D eigenvalue weighted by molar-refractivity contribution is 6.08. The number of carbonyl (C=O) groups excluding carboxylic acids is 4. The fraction of sp³-hybridized carbons (Fsp3) is 0.625. The molecule has 2 aliphatic heterocycles. The molecular weight excluding hydrogens is 490 g/mol. The minimum atomic E-state index is -0.439. The quantitative estimate of drug-likeness (QED) is 0.567. The van der Waals surface area contributed by atoms with Gasteiger partial charge in [0.1, 0.15) is 6.54 Å². The number of amides is 2. The van der Waals surface area contributed by atoms with E-state index in [1.807, 2.05) is 22.6 Å². The average molecular weight is 532 g/mol. The summed E-state index contributed by atoms with van der Waals surface area (Å²) in [6.07, 6.45) is 10.5. The Balaban J connectivity index is 1.42. The first-order chi connectivity index (χ1) is 18.7. The fourth-order valence-electron chi connectivity index (χ4n) is 7.36. The summed E-state index contributed by atoms with van der Waals surface area (Å²) in [6, 6.07) is 4.03. The van der Waals surface area contributed by atoms with Crippen LogP contribution in [0.3, 0.4) is 0 Å². The normalized spacial score (nSPS) is 29.6. The summed E-state index contributed by atoms with van der Waals surface area (Å²) in [4.78, 5) is 54.3. The SMILES string of the molecule is CCC(=O)[C@@H]1C[C@]23CNC(=O)C[C@@H](C)CCCCc4cc(C5CC5)cc5c(C(C)=O)cn(c45)CC(=O)N1[C@@H]2C3. The summed E-state index contributed by atoms with van der Waals surface area (Å²) in [5.41, 5.74) is 3.97. The molecule has 2 bridgehead atoms. The zero-order valence-corrected chi connectivity index (χ0v) is 23.6. The first kappa shape index (κ1) is 26.3. The Morgan fingerprint density at radius 1 is 1.10 bits per heavy atom. The standard InChI is InChI=1S/C32H41N3O4/c1-4-27(37)26-14-32-15-28(32)35(26)30(39)17-34-16-25(20(3)36)24-13-23(21-9-10-21)12-22(31(24)34)8-6-5-7-19(2)11-29(38)33-18-32/h12-13,16,19,21,26,28H,4-11,14-15,17-18H2,1-3H3,(H,33,38)/t19-,26-,28+,32-/m0/s1. The van der Waals surface area contributed by atoms with Crippen LogP contribution in [0.4, 0.5) is 0 Å². The highest BCUT2D eigenvalue weighted by Gasteiger charge is 2.66. The molecule has 0 unspecified atom stereocenters. The summed E-state index contributed by atoms with van der Waals surface area (Å²) < 4.78 is 1.98. The van der Waals surface area contributed by atoms with Crippen LogP contribution < -0.4 is 5.32 Å². The molecule has 2 aliphatic carbocycles. The van der Waals surface area contributed by atoms with Gasteiger partial charge >= 0.3 is 0 Å². The smallest absolute Gasteiger partial charge is 0.243 e. The Morgan fingerprint density at radius 3 is 2.62 bits per heavy atom. The summed E-state index contributed by atoms with van der Waals surface area (Å²) in [6.45, 7) is 6.24. The minimum Gasteiger partial charge on any atom is -0.355 e. The fourth-order valence-corrected chi connectivity index (χ4v) is 7.36. The van der Waals surface area contributed by atoms with Gasteiger partial charge in [0.25, 0.3) is 0 Å². The van der Waals surface area contributed by atoms with Gasteiger partial charge in [-0.05, 0) is 74.5 Å². The summed E-state index contributed by atoms with van der Waals surface area (Å²) in [5.74, 6) is 0.960. The van der Waals surface area contributed by atoms with Gasteiger partial charge in [0.15, 0.2) is 11.6 Å². The van der Waals surface area contributed by atoms with Gasteiger partial charge < -0.3 is 14.8 Å². The molecule has 1 aromatic heterocycles. The monoisotopic (exact) mass is 531 g/mol. The predicted octanol–water partition coefficient (Wildman–Crippen LogP) is 4.93. The molecule has 2 aromatic rings. The van der Waals surface area contributed by atoms with Crippen LogP contribution in [0.1, 0.15) is 106 Å². The van der Waals surface area contributed by atoms with Crippen molar-refractivity contribution in [2.75, 3.05) is 6.54 Å². The Bertz CT molecular complexity index is 1350. The van der Waals surface area contributed by atoms with Gasteiger partial charge in [-0.15, -0.1) is 0 Å². The second kappa shape index (κ2) is 9.90. The molecule has 3 fully saturated rings. The number of benzene rings is 1. The van der Waals surface area contributed by atoms with Crippen molar-refractivity contribution in [3.8, 4) is 0 Å². The van der Waals surface area contributed by atoms with Gasteiger partial charge in [-0.25, -0.2) is 0 Å². The summed E-state index contributed by atoms with van der Waals surface area (Å²) in [5, 5.41) is 4.10. The number of nitrogens with zero attached hydrogens (tertiary/aromatic N) is 2. The van der Waals surface area contributed by atoms with Crippen molar-refractivity contribution in [1.82, 2.24) is 14.8 Å². The number of carbonyl (C=O) groups is 4. The molecule has 39 heavy (non-hydrogen) atoms. The first-order valence-corrected chi connectivity index (χ1v) is 15.0. The molecule has 7 nitrogen and oxygen atoms in total. The highest BCUT2D eigenvalue weighted by Crippen LogP contribution is 2.59. The van der Waals surface area contributed by atoms with Crippen LogP contribution in [0.25, 0.3) is 10.9 Å². The highest BCUT2D eigenvalue weighted by atomic mass is 16.2. The predicted molar refractivity (Wildman–Crippen MR) is 150 cm³/mol. The molecule has 4 aliphatic rings. The third-order valence-corrected chi connectivity index (χ3v) is 9.80. The number of hydrogen-bond acceptors (Lipinski definition) is 4. The van der Waals surface area contributed by atoms with E-state index < -0.39 is 6.04 Å². The van der Waals surface area contributed by atoms with Crippen molar-refractivity contribution >= 4 is 34.3 Å². The van der Waals surface area contributed by atoms with E-state index in [9.17, 15) is 19.2 Å².